The highest BCUT2D eigenvalue weighted by atomic mass is 14.7. The minimum absolute atomic E-state index is 1.14. The number of pyridine rings is 1. The third-order valence-corrected chi connectivity index (χ3v) is 6.73. The summed E-state index contributed by atoms with van der Waals surface area (Å²) in [4.78, 5) is 4.86. The summed E-state index contributed by atoms with van der Waals surface area (Å²) < 4.78 is 0. The van der Waals surface area contributed by atoms with Gasteiger partial charge in [-0.1, -0.05) is 133 Å². The lowest BCUT2D eigenvalue weighted by atomic mass is 9.97. The maximum atomic E-state index is 4.86. The molecule has 0 saturated carbocycles. The molecule has 1 aromatic heterocycles. The first kappa shape index (κ1) is 23.8. The molecule has 0 spiro atoms. The molecule has 0 bridgehead atoms. The highest BCUT2D eigenvalue weighted by molar-refractivity contribution is 5.97. The lowest BCUT2D eigenvalue weighted by molar-refractivity contribution is 0.532. The van der Waals surface area contributed by atoms with Crippen LogP contribution in [0.1, 0.15) is 109 Å². The fourth-order valence-corrected chi connectivity index (χ4v) is 4.87. The average molecular weight is 418 g/mol. The van der Waals surface area contributed by atoms with Gasteiger partial charge in [-0.25, -0.2) is 4.98 Å². The zero-order chi connectivity index (χ0) is 21.6. The molecule has 0 fully saturated rings. The molecule has 0 N–H and O–H groups in total. The normalized spacial score (nSPS) is 11.5. The van der Waals surface area contributed by atoms with Crippen LogP contribution in [0, 0.1) is 0 Å². The largest absolute Gasteiger partial charge is 0.248 e. The Balaban J connectivity index is 1.28. The van der Waals surface area contributed by atoms with E-state index in [1.165, 1.54) is 119 Å². The zero-order valence-electron chi connectivity index (χ0n) is 19.9. The zero-order valence-corrected chi connectivity index (χ0v) is 19.9. The van der Waals surface area contributed by atoms with Crippen LogP contribution in [-0.2, 0) is 6.42 Å². The van der Waals surface area contributed by atoms with Crippen molar-refractivity contribution in [2.45, 2.75) is 110 Å². The second-order valence-corrected chi connectivity index (χ2v) is 9.32. The van der Waals surface area contributed by atoms with E-state index >= 15 is 0 Å². The fourth-order valence-electron chi connectivity index (χ4n) is 4.87. The molecule has 0 saturated heterocycles. The van der Waals surface area contributed by atoms with E-state index in [9.17, 15) is 0 Å². The van der Waals surface area contributed by atoms with Crippen LogP contribution in [0.5, 0.6) is 0 Å². The second kappa shape index (κ2) is 14.2. The molecule has 0 atom stereocenters. The van der Waals surface area contributed by atoms with Gasteiger partial charge in [0.2, 0.25) is 0 Å². The van der Waals surface area contributed by atoms with Gasteiger partial charge in [0.1, 0.15) is 0 Å². The number of aryl methyl sites for hydroxylation is 1. The van der Waals surface area contributed by atoms with Gasteiger partial charge in [-0.2, -0.15) is 0 Å². The maximum absolute atomic E-state index is 4.86. The van der Waals surface area contributed by atoms with Crippen LogP contribution in [0.3, 0.4) is 0 Å². The molecule has 3 rings (SSSR count). The number of nitrogens with zero attached hydrogens (tertiary/aromatic N) is 1. The van der Waals surface area contributed by atoms with E-state index in [1.807, 2.05) is 0 Å². The van der Waals surface area contributed by atoms with Crippen LogP contribution in [0.4, 0.5) is 0 Å². The van der Waals surface area contributed by atoms with E-state index < -0.39 is 0 Å². The lowest BCUT2D eigenvalue weighted by Crippen LogP contribution is -1.93. The van der Waals surface area contributed by atoms with E-state index in [1.54, 1.807) is 0 Å². The van der Waals surface area contributed by atoms with Crippen molar-refractivity contribution in [3.8, 4) is 0 Å². The molecule has 1 heterocycles. The quantitative estimate of drug-likeness (QED) is 0.167. The number of hydrogen-bond acceptors (Lipinski definition) is 1. The van der Waals surface area contributed by atoms with Crippen molar-refractivity contribution in [1.82, 2.24) is 4.98 Å². The summed E-state index contributed by atoms with van der Waals surface area (Å²) in [6.07, 6.45) is 22.4. The lowest BCUT2D eigenvalue weighted by Gasteiger charge is -2.11. The number of fused-ring (bicyclic) bond motifs is 2. The standard InChI is InChI=1S/C30H43N/c1-2-3-4-5-6-7-8-9-10-11-12-13-14-15-16-21-26-27-22-17-19-24-29(27)31-30-25-20-18-23-28(26)30/h17-20,22-25H,2-16,21H2,1H3. The van der Waals surface area contributed by atoms with Crippen LogP contribution >= 0.6 is 0 Å². The van der Waals surface area contributed by atoms with Crippen molar-refractivity contribution in [2.24, 2.45) is 0 Å². The van der Waals surface area contributed by atoms with Crippen molar-refractivity contribution < 1.29 is 0 Å². The van der Waals surface area contributed by atoms with E-state index in [0.717, 1.165) is 11.0 Å². The summed E-state index contributed by atoms with van der Waals surface area (Å²) in [5, 5.41) is 2.68. The summed E-state index contributed by atoms with van der Waals surface area (Å²) in [6, 6.07) is 17.3. The van der Waals surface area contributed by atoms with E-state index in [2.05, 4.69) is 55.5 Å². The molecular formula is C30H43N. The summed E-state index contributed by atoms with van der Waals surface area (Å²) in [5.74, 6) is 0. The minimum Gasteiger partial charge on any atom is -0.248 e. The first-order valence-electron chi connectivity index (χ1n) is 13.2. The third-order valence-electron chi connectivity index (χ3n) is 6.73. The molecule has 0 aliphatic rings. The summed E-state index contributed by atoms with van der Waals surface area (Å²) in [6.45, 7) is 2.30. The van der Waals surface area contributed by atoms with Crippen LogP contribution in [0.25, 0.3) is 21.8 Å². The van der Waals surface area contributed by atoms with Crippen molar-refractivity contribution in [2.75, 3.05) is 0 Å². The van der Waals surface area contributed by atoms with Crippen molar-refractivity contribution in [3.63, 3.8) is 0 Å². The Kier molecular flexibility index (Phi) is 10.9. The smallest absolute Gasteiger partial charge is 0.0712 e. The first-order chi connectivity index (χ1) is 15.4. The molecule has 2 aromatic carbocycles. The van der Waals surface area contributed by atoms with Crippen molar-refractivity contribution in [1.29, 1.82) is 0 Å². The first-order valence-corrected chi connectivity index (χ1v) is 13.2. The summed E-state index contributed by atoms with van der Waals surface area (Å²) in [7, 11) is 0. The van der Waals surface area contributed by atoms with Crippen LogP contribution in [0.2, 0.25) is 0 Å². The van der Waals surface area contributed by atoms with Crippen LogP contribution in [-0.4, -0.2) is 4.98 Å². The molecule has 1 nitrogen and oxygen atoms in total. The van der Waals surface area contributed by atoms with Gasteiger partial charge in [-0.3, -0.25) is 0 Å². The molecule has 3 aromatic rings. The molecule has 31 heavy (non-hydrogen) atoms. The highest BCUT2D eigenvalue weighted by Crippen LogP contribution is 2.27. The van der Waals surface area contributed by atoms with E-state index in [-0.39, 0.29) is 0 Å². The number of para-hydroxylation sites is 2. The van der Waals surface area contributed by atoms with Gasteiger partial charge >= 0.3 is 0 Å². The van der Waals surface area contributed by atoms with Crippen molar-refractivity contribution >= 4 is 21.8 Å². The number of hydrogen-bond donors (Lipinski definition) is 0. The second-order valence-electron chi connectivity index (χ2n) is 9.32. The monoisotopic (exact) mass is 417 g/mol. The van der Waals surface area contributed by atoms with Crippen LogP contribution < -0.4 is 0 Å². The molecule has 0 unspecified atom stereocenters. The molecule has 1 heteroatoms. The molecule has 0 radical (unpaired) electrons. The predicted octanol–water partition coefficient (Wildman–Crippen LogP) is 9.80. The van der Waals surface area contributed by atoms with E-state index in [0.29, 0.717) is 0 Å². The SMILES string of the molecule is CCCCCCCCCCCCCCCCCc1c2ccccc2nc2ccccc12. The molecule has 0 aliphatic heterocycles. The van der Waals surface area contributed by atoms with Gasteiger partial charge in [0.05, 0.1) is 11.0 Å². The predicted molar refractivity (Wildman–Crippen MR) is 138 cm³/mol. The average Bonchev–Trinajstić information content (AvgIpc) is 2.81. The van der Waals surface area contributed by atoms with E-state index in [4.69, 9.17) is 4.98 Å². The Morgan fingerprint density at radius 2 is 0.871 bits per heavy atom. The number of benzene rings is 2. The summed E-state index contributed by atoms with van der Waals surface area (Å²) in [5.41, 5.74) is 3.77. The fraction of sp³-hybridized carbons (Fsp3) is 0.567. The number of unbranched alkanes of at least 4 members (excludes halogenated alkanes) is 14. The molecule has 0 aliphatic carbocycles. The van der Waals surface area contributed by atoms with Gasteiger partial charge < -0.3 is 0 Å². The Morgan fingerprint density at radius 3 is 1.32 bits per heavy atom. The molecule has 0 amide bonds. The summed E-state index contributed by atoms with van der Waals surface area (Å²) >= 11 is 0. The third kappa shape index (κ3) is 7.95. The van der Waals surface area contributed by atoms with Gasteiger partial charge in [0, 0.05) is 10.8 Å². The maximum Gasteiger partial charge on any atom is 0.0712 e. The topological polar surface area (TPSA) is 12.9 Å². The van der Waals surface area contributed by atoms with Crippen LogP contribution in [0.15, 0.2) is 48.5 Å². The Bertz CT molecular complexity index is 828. The van der Waals surface area contributed by atoms with Crippen molar-refractivity contribution in [3.05, 3.63) is 54.1 Å². The van der Waals surface area contributed by atoms with Gasteiger partial charge in [0.15, 0.2) is 0 Å². The van der Waals surface area contributed by atoms with Gasteiger partial charge in [0.25, 0.3) is 0 Å². The highest BCUT2D eigenvalue weighted by Gasteiger charge is 2.08. The number of rotatable bonds is 16. The number of aromatic nitrogens is 1. The molecular weight excluding hydrogens is 374 g/mol. The Morgan fingerprint density at radius 1 is 0.484 bits per heavy atom. The van der Waals surface area contributed by atoms with Gasteiger partial charge in [-0.05, 0) is 30.5 Å². The van der Waals surface area contributed by atoms with Gasteiger partial charge in [-0.15, -0.1) is 0 Å². The Labute approximate surface area is 190 Å². The Hall–Kier alpha value is -1.89. The molecule has 168 valence electrons. The minimum atomic E-state index is 1.14.